The van der Waals surface area contributed by atoms with Crippen molar-refractivity contribution in [2.45, 2.75) is 13.0 Å². The SMILES string of the molecule is CC(N)c1cc(C#N)ccn1. The van der Waals surface area contributed by atoms with E-state index in [0.29, 0.717) is 5.56 Å². The van der Waals surface area contributed by atoms with Crippen LogP contribution in [0.25, 0.3) is 0 Å². The molecule has 0 saturated carbocycles. The maximum Gasteiger partial charge on any atom is 0.0992 e. The molecule has 0 amide bonds. The van der Waals surface area contributed by atoms with Gasteiger partial charge in [0.15, 0.2) is 0 Å². The third kappa shape index (κ3) is 1.76. The van der Waals surface area contributed by atoms with E-state index in [1.54, 1.807) is 18.3 Å². The first-order chi connectivity index (χ1) is 5.24. The Labute approximate surface area is 65.5 Å². The summed E-state index contributed by atoms with van der Waals surface area (Å²) in [6.07, 6.45) is 1.59. The summed E-state index contributed by atoms with van der Waals surface area (Å²) in [7, 11) is 0. The average molecular weight is 147 g/mol. The molecule has 3 nitrogen and oxygen atoms in total. The van der Waals surface area contributed by atoms with Crippen LogP contribution in [0.1, 0.15) is 24.2 Å². The second kappa shape index (κ2) is 3.13. The summed E-state index contributed by atoms with van der Waals surface area (Å²) in [5.41, 5.74) is 6.92. The number of nitriles is 1. The standard InChI is InChI=1S/C8H9N3/c1-6(10)8-4-7(5-9)2-3-11-8/h2-4,6H,10H2,1H3. The summed E-state index contributed by atoms with van der Waals surface area (Å²) in [6.45, 7) is 1.84. The molecular weight excluding hydrogens is 138 g/mol. The number of hydrogen-bond donors (Lipinski definition) is 1. The van der Waals surface area contributed by atoms with Gasteiger partial charge in [-0.05, 0) is 19.1 Å². The fourth-order valence-corrected chi connectivity index (χ4v) is 0.767. The van der Waals surface area contributed by atoms with Gasteiger partial charge in [0.25, 0.3) is 0 Å². The van der Waals surface area contributed by atoms with Crippen molar-refractivity contribution in [2.24, 2.45) is 5.73 Å². The summed E-state index contributed by atoms with van der Waals surface area (Å²) in [5.74, 6) is 0. The molecule has 0 saturated heterocycles. The normalized spacial score (nSPS) is 12.1. The quantitative estimate of drug-likeness (QED) is 0.643. The van der Waals surface area contributed by atoms with Crippen molar-refractivity contribution in [1.82, 2.24) is 4.98 Å². The van der Waals surface area contributed by atoms with Crippen LogP contribution in [0.2, 0.25) is 0 Å². The molecule has 0 aliphatic heterocycles. The van der Waals surface area contributed by atoms with Gasteiger partial charge in [0.2, 0.25) is 0 Å². The Hall–Kier alpha value is -1.40. The maximum atomic E-state index is 8.53. The summed E-state index contributed by atoms with van der Waals surface area (Å²) < 4.78 is 0. The van der Waals surface area contributed by atoms with E-state index in [-0.39, 0.29) is 6.04 Å². The van der Waals surface area contributed by atoms with Crippen molar-refractivity contribution in [3.63, 3.8) is 0 Å². The van der Waals surface area contributed by atoms with Crippen LogP contribution in [0.15, 0.2) is 18.3 Å². The molecule has 0 aromatic carbocycles. The molecule has 1 heterocycles. The van der Waals surface area contributed by atoms with Gasteiger partial charge in [-0.2, -0.15) is 5.26 Å². The summed E-state index contributed by atoms with van der Waals surface area (Å²) in [4.78, 5) is 4.01. The molecule has 11 heavy (non-hydrogen) atoms. The molecule has 1 aromatic rings. The van der Waals surface area contributed by atoms with Crippen LogP contribution >= 0.6 is 0 Å². The molecule has 0 aliphatic rings. The van der Waals surface area contributed by atoms with E-state index in [0.717, 1.165) is 5.69 Å². The van der Waals surface area contributed by atoms with Crippen molar-refractivity contribution < 1.29 is 0 Å². The van der Waals surface area contributed by atoms with Crippen LogP contribution in [0, 0.1) is 11.3 Å². The first-order valence-electron chi connectivity index (χ1n) is 3.35. The molecule has 0 spiro atoms. The van der Waals surface area contributed by atoms with E-state index in [1.807, 2.05) is 13.0 Å². The van der Waals surface area contributed by atoms with Crippen LogP contribution in [0.4, 0.5) is 0 Å². The second-order valence-electron chi connectivity index (χ2n) is 2.37. The van der Waals surface area contributed by atoms with Gasteiger partial charge < -0.3 is 5.73 Å². The minimum Gasteiger partial charge on any atom is -0.323 e. The Balaban J connectivity index is 3.03. The molecule has 0 fully saturated rings. The van der Waals surface area contributed by atoms with E-state index in [1.165, 1.54) is 0 Å². The molecule has 56 valence electrons. The summed E-state index contributed by atoms with van der Waals surface area (Å²) >= 11 is 0. The first-order valence-corrected chi connectivity index (χ1v) is 3.35. The monoisotopic (exact) mass is 147 g/mol. The molecule has 0 bridgehead atoms. The molecular formula is C8H9N3. The Morgan fingerprint density at radius 2 is 2.45 bits per heavy atom. The largest absolute Gasteiger partial charge is 0.323 e. The van der Waals surface area contributed by atoms with Crippen molar-refractivity contribution in [1.29, 1.82) is 5.26 Å². The third-order valence-corrected chi connectivity index (χ3v) is 1.38. The highest BCUT2D eigenvalue weighted by atomic mass is 14.7. The zero-order chi connectivity index (χ0) is 8.27. The average Bonchev–Trinajstić information content (AvgIpc) is 2.05. The van der Waals surface area contributed by atoms with E-state index >= 15 is 0 Å². The fourth-order valence-electron chi connectivity index (χ4n) is 0.767. The van der Waals surface area contributed by atoms with Gasteiger partial charge in [-0.15, -0.1) is 0 Å². The minimum absolute atomic E-state index is 0.108. The number of nitrogens with two attached hydrogens (primary N) is 1. The van der Waals surface area contributed by atoms with Crippen LogP contribution in [0.3, 0.4) is 0 Å². The third-order valence-electron chi connectivity index (χ3n) is 1.38. The van der Waals surface area contributed by atoms with Gasteiger partial charge in [0.1, 0.15) is 0 Å². The number of rotatable bonds is 1. The lowest BCUT2D eigenvalue weighted by Gasteiger charge is -2.02. The first kappa shape index (κ1) is 7.70. The summed E-state index contributed by atoms with van der Waals surface area (Å²) in [6, 6.07) is 5.28. The smallest absolute Gasteiger partial charge is 0.0992 e. The van der Waals surface area contributed by atoms with E-state index < -0.39 is 0 Å². The zero-order valence-electron chi connectivity index (χ0n) is 6.28. The van der Waals surface area contributed by atoms with Gasteiger partial charge in [0, 0.05) is 12.2 Å². The van der Waals surface area contributed by atoms with Crippen molar-refractivity contribution >= 4 is 0 Å². The molecule has 1 atom stereocenters. The van der Waals surface area contributed by atoms with Gasteiger partial charge in [-0.3, -0.25) is 4.98 Å². The van der Waals surface area contributed by atoms with E-state index in [9.17, 15) is 0 Å². The molecule has 1 rings (SSSR count). The zero-order valence-corrected chi connectivity index (χ0v) is 6.28. The predicted octanol–water partition coefficient (Wildman–Crippen LogP) is 0.973. The number of nitrogens with zero attached hydrogens (tertiary/aromatic N) is 2. The van der Waals surface area contributed by atoms with Gasteiger partial charge in [-0.1, -0.05) is 0 Å². The number of aromatic nitrogens is 1. The molecule has 2 N–H and O–H groups in total. The van der Waals surface area contributed by atoms with Gasteiger partial charge in [0.05, 0.1) is 17.3 Å². The summed E-state index contributed by atoms with van der Waals surface area (Å²) in [5, 5.41) is 8.53. The fraction of sp³-hybridized carbons (Fsp3) is 0.250. The molecule has 0 aliphatic carbocycles. The van der Waals surface area contributed by atoms with Gasteiger partial charge in [-0.25, -0.2) is 0 Å². The van der Waals surface area contributed by atoms with E-state index in [2.05, 4.69) is 4.98 Å². The minimum atomic E-state index is -0.108. The molecule has 3 heteroatoms. The second-order valence-corrected chi connectivity index (χ2v) is 2.37. The lowest BCUT2D eigenvalue weighted by molar-refractivity contribution is 0.780. The van der Waals surface area contributed by atoms with Crippen LogP contribution in [-0.4, -0.2) is 4.98 Å². The van der Waals surface area contributed by atoms with E-state index in [4.69, 9.17) is 11.0 Å². The Kier molecular flexibility index (Phi) is 2.19. The van der Waals surface area contributed by atoms with Gasteiger partial charge >= 0.3 is 0 Å². The predicted molar refractivity (Wildman–Crippen MR) is 41.6 cm³/mol. The topological polar surface area (TPSA) is 62.7 Å². The Bertz CT molecular complexity index is 286. The van der Waals surface area contributed by atoms with Crippen LogP contribution in [-0.2, 0) is 0 Å². The highest BCUT2D eigenvalue weighted by molar-refractivity contribution is 5.29. The van der Waals surface area contributed by atoms with Crippen LogP contribution in [0.5, 0.6) is 0 Å². The molecule has 1 aromatic heterocycles. The Morgan fingerprint density at radius 1 is 1.73 bits per heavy atom. The Morgan fingerprint density at radius 3 is 3.00 bits per heavy atom. The van der Waals surface area contributed by atoms with Crippen molar-refractivity contribution in [2.75, 3.05) is 0 Å². The lowest BCUT2D eigenvalue weighted by atomic mass is 10.2. The number of hydrogen-bond acceptors (Lipinski definition) is 3. The number of pyridine rings is 1. The lowest BCUT2D eigenvalue weighted by Crippen LogP contribution is -2.06. The maximum absolute atomic E-state index is 8.53. The highest BCUT2D eigenvalue weighted by Gasteiger charge is 2.00. The highest BCUT2D eigenvalue weighted by Crippen LogP contribution is 2.06. The van der Waals surface area contributed by atoms with Crippen LogP contribution < -0.4 is 5.73 Å². The van der Waals surface area contributed by atoms with Crippen molar-refractivity contribution in [3.8, 4) is 6.07 Å². The molecule has 1 unspecified atom stereocenters. The van der Waals surface area contributed by atoms with Crippen molar-refractivity contribution in [3.05, 3.63) is 29.6 Å². The molecule has 0 radical (unpaired) electrons.